The molecule has 0 spiro atoms. The predicted molar refractivity (Wildman–Crippen MR) is 115 cm³/mol. The molecule has 1 aromatic carbocycles. The molecule has 1 heterocycles. The number of hydrogen-bond acceptors (Lipinski definition) is 3. The molecule has 2 fully saturated rings. The van der Waals surface area contributed by atoms with Crippen LogP contribution in [0.3, 0.4) is 0 Å². The summed E-state index contributed by atoms with van der Waals surface area (Å²) in [6.07, 6.45) is 4.65. The van der Waals surface area contributed by atoms with Gasteiger partial charge in [0.15, 0.2) is 5.78 Å². The van der Waals surface area contributed by atoms with E-state index in [1.165, 1.54) is 0 Å². The molecule has 4 nitrogen and oxygen atoms in total. The minimum absolute atomic E-state index is 0.0752. The number of hydrogen-bond donors (Lipinski definition) is 0. The Bertz CT molecular complexity index is 832. The molecule has 0 aromatic heterocycles. The number of amides is 1. The SMILES string of the molecule is CC(C)=CC(=O)N1CCC(CC2CC(=O)C(c3c(C)cc(C)cc3C)C2=O)CC1. The van der Waals surface area contributed by atoms with Gasteiger partial charge in [-0.3, -0.25) is 14.4 Å². The van der Waals surface area contributed by atoms with Gasteiger partial charge in [-0.25, -0.2) is 0 Å². The minimum atomic E-state index is -0.583. The fraction of sp³-hybridized carbons (Fsp3) is 0.560. The molecule has 2 unspecified atom stereocenters. The van der Waals surface area contributed by atoms with Crippen LogP contribution in [0.15, 0.2) is 23.8 Å². The van der Waals surface area contributed by atoms with Gasteiger partial charge >= 0.3 is 0 Å². The number of Topliss-reactive ketones (excluding diaryl/α,β-unsaturated/α-hetero) is 2. The van der Waals surface area contributed by atoms with Crippen LogP contribution in [0.25, 0.3) is 0 Å². The van der Waals surface area contributed by atoms with E-state index in [9.17, 15) is 14.4 Å². The molecule has 0 radical (unpaired) electrons. The first-order chi connectivity index (χ1) is 13.7. The Kier molecular flexibility index (Phi) is 6.40. The lowest BCUT2D eigenvalue weighted by atomic mass is 9.83. The highest BCUT2D eigenvalue weighted by atomic mass is 16.2. The molecular weight excluding hydrogens is 362 g/mol. The van der Waals surface area contributed by atoms with Crippen molar-refractivity contribution in [2.75, 3.05) is 13.1 Å². The molecular formula is C25H33NO3. The third kappa shape index (κ3) is 4.68. The average molecular weight is 396 g/mol. The molecule has 1 saturated carbocycles. The summed E-state index contributed by atoms with van der Waals surface area (Å²) in [7, 11) is 0. The highest BCUT2D eigenvalue weighted by Gasteiger charge is 2.44. The second-order valence-electron chi connectivity index (χ2n) is 9.24. The Hall–Kier alpha value is -2.23. The highest BCUT2D eigenvalue weighted by molar-refractivity contribution is 6.15. The summed E-state index contributed by atoms with van der Waals surface area (Å²) in [6, 6.07) is 4.13. The second kappa shape index (κ2) is 8.64. The first kappa shape index (κ1) is 21.5. The number of allylic oxidation sites excluding steroid dienone is 1. The van der Waals surface area contributed by atoms with Crippen molar-refractivity contribution < 1.29 is 14.4 Å². The molecule has 4 heteroatoms. The quantitative estimate of drug-likeness (QED) is 0.559. The van der Waals surface area contributed by atoms with Crippen molar-refractivity contribution >= 4 is 17.5 Å². The smallest absolute Gasteiger partial charge is 0.246 e. The van der Waals surface area contributed by atoms with Gasteiger partial charge in [-0.15, -0.1) is 0 Å². The van der Waals surface area contributed by atoms with Gasteiger partial charge in [0.2, 0.25) is 5.91 Å². The van der Waals surface area contributed by atoms with Crippen LogP contribution in [0.4, 0.5) is 0 Å². The number of carbonyl (C=O) groups excluding carboxylic acids is 3. The van der Waals surface area contributed by atoms with Gasteiger partial charge in [0, 0.05) is 31.5 Å². The van der Waals surface area contributed by atoms with Gasteiger partial charge in [0.25, 0.3) is 0 Å². The normalized spacial score (nSPS) is 22.9. The van der Waals surface area contributed by atoms with Gasteiger partial charge in [0.05, 0.1) is 0 Å². The van der Waals surface area contributed by atoms with Crippen molar-refractivity contribution in [2.24, 2.45) is 11.8 Å². The van der Waals surface area contributed by atoms with Crippen LogP contribution >= 0.6 is 0 Å². The van der Waals surface area contributed by atoms with Crippen molar-refractivity contribution in [3.8, 4) is 0 Å². The second-order valence-corrected chi connectivity index (χ2v) is 9.24. The van der Waals surface area contributed by atoms with E-state index in [4.69, 9.17) is 0 Å². The number of nitrogens with zero attached hydrogens (tertiary/aromatic N) is 1. The Labute approximate surface area is 174 Å². The van der Waals surface area contributed by atoms with Crippen molar-refractivity contribution in [2.45, 2.75) is 66.2 Å². The van der Waals surface area contributed by atoms with Gasteiger partial charge in [-0.2, -0.15) is 0 Å². The molecule has 1 aliphatic carbocycles. The summed E-state index contributed by atoms with van der Waals surface area (Å²) >= 11 is 0. The number of aryl methyl sites for hydroxylation is 3. The third-order valence-electron chi connectivity index (χ3n) is 6.44. The van der Waals surface area contributed by atoms with E-state index in [-0.39, 0.29) is 23.4 Å². The van der Waals surface area contributed by atoms with Crippen LogP contribution in [0.1, 0.15) is 67.7 Å². The molecule has 1 aliphatic heterocycles. The number of piperidine rings is 1. The Morgan fingerprint density at radius 1 is 1.07 bits per heavy atom. The lowest BCUT2D eigenvalue weighted by Crippen LogP contribution is -2.38. The van der Waals surface area contributed by atoms with Crippen molar-refractivity contribution in [3.63, 3.8) is 0 Å². The fourth-order valence-electron chi connectivity index (χ4n) is 5.13. The topological polar surface area (TPSA) is 54.5 Å². The summed E-state index contributed by atoms with van der Waals surface area (Å²) in [5.41, 5.74) is 5.18. The van der Waals surface area contributed by atoms with Crippen molar-refractivity contribution in [1.82, 2.24) is 4.90 Å². The lowest BCUT2D eigenvalue weighted by molar-refractivity contribution is -0.128. The third-order valence-corrected chi connectivity index (χ3v) is 6.44. The van der Waals surface area contributed by atoms with Crippen LogP contribution < -0.4 is 0 Å². The molecule has 1 amide bonds. The highest BCUT2D eigenvalue weighted by Crippen LogP contribution is 2.39. The molecule has 0 N–H and O–H groups in total. The predicted octanol–water partition coefficient (Wildman–Crippen LogP) is 4.45. The van der Waals surface area contributed by atoms with E-state index < -0.39 is 5.92 Å². The number of rotatable bonds is 4. The molecule has 156 valence electrons. The zero-order valence-electron chi connectivity index (χ0n) is 18.4. The van der Waals surface area contributed by atoms with Crippen LogP contribution in [-0.2, 0) is 14.4 Å². The van der Waals surface area contributed by atoms with Gasteiger partial charge in [-0.05, 0) is 76.5 Å². The first-order valence-electron chi connectivity index (χ1n) is 10.7. The van der Waals surface area contributed by atoms with Gasteiger partial charge < -0.3 is 4.90 Å². The first-order valence-corrected chi connectivity index (χ1v) is 10.7. The Balaban J connectivity index is 1.65. The van der Waals surface area contributed by atoms with E-state index in [2.05, 4.69) is 12.1 Å². The zero-order chi connectivity index (χ0) is 21.3. The monoisotopic (exact) mass is 395 g/mol. The van der Waals surface area contributed by atoms with E-state index in [1.54, 1.807) is 6.08 Å². The Morgan fingerprint density at radius 3 is 2.21 bits per heavy atom. The standard InChI is InChI=1S/C25H33NO3/c1-15(2)10-22(28)26-8-6-19(7-9-26)13-20-14-21(27)24(25(20)29)23-17(4)11-16(3)12-18(23)5/h10-12,19-20,24H,6-9,13-14H2,1-5H3. The van der Waals surface area contributed by atoms with Crippen LogP contribution in [0.5, 0.6) is 0 Å². The summed E-state index contributed by atoms with van der Waals surface area (Å²) in [5, 5.41) is 0. The van der Waals surface area contributed by atoms with E-state index in [0.29, 0.717) is 12.3 Å². The van der Waals surface area contributed by atoms with Crippen LogP contribution in [0, 0.1) is 32.6 Å². The van der Waals surface area contributed by atoms with Crippen molar-refractivity contribution in [3.05, 3.63) is 46.0 Å². The number of ketones is 2. The molecule has 29 heavy (non-hydrogen) atoms. The largest absolute Gasteiger partial charge is 0.339 e. The maximum atomic E-state index is 13.2. The zero-order valence-corrected chi connectivity index (χ0v) is 18.4. The van der Waals surface area contributed by atoms with Gasteiger partial charge in [-0.1, -0.05) is 23.3 Å². The molecule has 3 rings (SSSR count). The van der Waals surface area contributed by atoms with Crippen LogP contribution in [0.2, 0.25) is 0 Å². The summed E-state index contributed by atoms with van der Waals surface area (Å²) in [4.78, 5) is 40.1. The summed E-state index contributed by atoms with van der Waals surface area (Å²) in [6.45, 7) is 11.4. The lowest BCUT2D eigenvalue weighted by Gasteiger charge is -2.32. The van der Waals surface area contributed by atoms with Crippen LogP contribution in [-0.4, -0.2) is 35.5 Å². The summed E-state index contributed by atoms with van der Waals surface area (Å²) < 4.78 is 0. The van der Waals surface area contributed by atoms with E-state index in [1.807, 2.05) is 39.5 Å². The molecule has 2 aliphatic rings. The molecule has 2 atom stereocenters. The number of benzene rings is 1. The van der Waals surface area contributed by atoms with E-state index >= 15 is 0 Å². The van der Waals surface area contributed by atoms with E-state index in [0.717, 1.165) is 60.2 Å². The maximum Gasteiger partial charge on any atom is 0.246 e. The number of carbonyl (C=O) groups is 3. The average Bonchev–Trinajstić information content (AvgIpc) is 2.89. The molecule has 1 saturated heterocycles. The van der Waals surface area contributed by atoms with Gasteiger partial charge in [0.1, 0.15) is 11.7 Å². The summed E-state index contributed by atoms with van der Waals surface area (Å²) in [5.74, 6) is -0.0793. The molecule has 1 aromatic rings. The minimum Gasteiger partial charge on any atom is -0.339 e. The maximum absolute atomic E-state index is 13.2. The number of likely N-dealkylation sites (tertiary alicyclic amines) is 1. The van der Waals surface area contributed by atoms with Crippen molar-refractivity contribution in [1.29, 1.82) is 0 Å². The molecule has 0 bridgehead atoms. The Morgan fingerprint density at radius 2 is 1.66 bits per heavy atom. The fourth-order valence-corrected chi connectivity index (χ4v) is 5.13.